The molecule has 3 aliphatic rings. The van der Waals surface area contributed by atoms with Crippen molar-refractivity contribution >= 4 is 24.1 Å². The molecule has 54 heavy (non-hydrogen) atoms. The highest BCUT2D eigenvalue weighted by atomic mass is 16.6. The van der Waals surface area contributed by atoms with Gasteiger partial charge in [-0.1, -0.05) is 113 Å². The van der Waals surface area contributed by atoms with E-state index in [0.717, 1.165) is 12.8 Å². The van der Waals surface area contributed by atoms with Crippen molar-refractivity contribution in [2.24, 2.45) is 34.5 Å². The summed E-state index contributed by atoms with van der Waals surface area (Å²) in [7, 11) is 0. The predicted octanol–water partition coefficient (Wildman–Crippen LogP) is 8.66. The molecule has 10 heteroatoms. The number of nitrogens with zero attached hydrogens (tertiary/aromatic N) is 2. The van der Waals surface area contributed by atoms with Crippen LogP contribution in [0.2, 0.25) is 0 Å². The Bertz CT molecular complexity index is 1700. The topological polar surface area (TPSA) is 145 Å². The van der Waals surface area contributed by atoms with Crippen LogP contribution in [0, 0.1) is 34.5 Å². The van der Waals surface area contributed by atoms with Crippen LogP contribution in [0.5, 0.6) is 0 Å². The van der Waals surface area contributed by atoms with Gasteiger partial charge in [-0.3, -0.25) is 0 Å². The Balaban J connectivity index is 1.35. The lowest BCUT2D eigenvalue weighted by Gasteiger charge is -2.36. The number of hydrogen-bond donors (Lipinski definition) is 2. The van der Waals surface area contributed by atoms with Crippen molar-refractivity contribution in [2.75, 3.05) is 0 Å². The molecule has 0 aromatic carbocycles. The second-order valence-electron chi connectivity index (χ2n) is 15.5. The molecule has 0 unspecified atom stereocenters. The first-order valence-electron chi connectivity index (χ1n) is 18.8. The van der Waals surface area contributed by atoms with Crippen molar-refractivity contribution in [3.8, 4) is 0 Å². The quantitative estimate of drug-likeness (QED) is 0.218. The molecule has 1 aliphatic heterocycles. The number of esters is 2. The van der Waals surface area contributed by atoms with Crippen LogP contribution < -0.4 is 0 Å². The molecular weight excluding hydrogens is 684 g/mol. The molecule has 0 amide bonds. The van der Waals surface area contributed by atoms with Crippen molar-refractivity contribution in [3.05, 3.63) is 121 Å². The van der Waals surface area contributed by atoms with E-state index < -0.39 is 47.2 Å². The molecule has 2 N–H and O–H groups in total. The van der Waals surface area contributed by atoms with Crippen molar-refractivity contribution in [1.29, 1.82) is 0 Å². The number of allylic oxidation sites excluding steroid dienone is 10. The lowest BCUT2D eigenvalue weighted by atomic mass is 9.79. The Morgan fingerprint density at radius 2 is 1.04 bits per heavy atom. The van der Waals surface area contributed by atoms with Crippen LogP contribution in [0.25, 0.3) is 12.2 Å². The van der Waals surface area contributed by atoms with Crippen LogP contribution in [0.1, 0.15) is 100.0 Å². The zero-order valence-electron chi connectivity index (χ0n) is 32.1. The summed E-state index contributed by atoms with van der Waals surface area (Å²) in [6, 6.07) is 0. The van der Waals surface area contributed by atoms with Gasteiger partial charge in [-0.15, -0.1) is 0 Å². The minimum atomic E-state index is -0.833. The highest BCUT2D eigenvalue weighted by molar-refractivity contribution is 5.87. The summed E-state index contributed by atoms with van der Waals surface area (Å²) in [5.74, 6) is 0.676. The number of hydrogen-bond acceptors (Lipinski definition) is 10. The van der Waals surface area contributed by atoms with Gasteiger partial charge in [0.2, 0.25) is 11.8 Å². The SMILES string of the molecule is C/C=C/[C@H](O)C(C)(C)[C@@H]1C/C=C\[C@@H]2C[C@@H]2/C=C/C=C\c2nc(co2)C(=O)O[C@H](C(C)(C)[C@@H](O)/C=C/C)C/C=C\[C@H]2C[C@H]2/C=C/C=C\c2nc(co2)C(=O)O1. The maximum Gasteiger partial charge on any atom is 0.360 e. The first-order valence-corrected chi connectivity index (χ1v) is 18.8. The fourth-order valence-corrected chi connectivity index (χ4v) is 6.34. The van der Waals surface area contributed by atoms with E-state index in [-0.39, 0.29) is 23.2 Å². The Kier molecular flexibility index (Phi) is 13.5. The summed E-state index contributed by atoms with van der Waals surface area (Å²) >= 11 is 0. The van der Waals surface area contributed by atoms with Crippen LogP contribution in [0.3, 0.4) is 0 Å². The van der Waals surface area contributed by atoms with E-state index in [1.54, 1.807) is 36.5 Å². The fourth-order valence-electron chi connectivity index (χ4n) is 6.34. The number of aliphatic hydroxyl groups excluding tert-OH is 2. The van der Waals surface area contributed by atoms with Crippen molar-refractivity contribution in [3.63, 3.8) is 0 Å². The number of aromatic nitrogens is 2. The monoisotopic (exact) mass is 738 g/mol. The van der Waals surface area contributed by atoms with Gasteiger partial charge in [-0.25, -0.2) is 19.6 Å². The third-order valence-corrected chi connectivity index (χ3v) is 10.6. The largest absolute Gasteiger partial charge is 0.457 e. The molecule has 0 spiro atoms. The molecule has 2 aromatic rings. The summed E-state index contributed by atoms with van der Waals surface area (Å²) in [4.78, 5) is 35.2. The fraction of sp³-hybridized carbons (Fsp3) is 0.455. The standard InChI is InChI=1S/C44H54N2O8/c1-7-15-35(47)43(3,4)37-21-13-19-31-25-29(31)17-9-12-24-40-46-34(28-52-40)42(50)54-38(44(5,6)36(48)16-8-2)22-14-20-32-26-30(32)18-10-11-23-39-45-33(27-51-39)41(49)53-37/h7-20,23-24,27-32,35-38,47-48H,21-22,25-26H2,1-6H3/b15-7+,16-8+,17-9+,18-10+,19-13-,20-14-,23-11-,24-12-/t29-,30+,31+,32-,35-,36-,37-,38-/m0/s1. The smallest absolute Gasteiger partial charge is 0.360 e. The third kappa shape index (κ3) is 10.7. The molecule has 3 heterocycles. The number of carbonyl (C=O) groups excluding carboxylic acids is 2. The third-order valence-electron chi connectivity index (χ3n) is 10.6. The van der Waals surface area contributed by atoms with Crippen molar-refractivity contribution in [1.82, 2.24) is 9.97 Å². The molecule has 2 fully saturated rings. The molecule has 0 radical (unpaired) electrons. The van der Waals surface area contributed by atoms with E-state index in [1.165, 1.54) is 12.5 Å². The van der Waals surface area contributed by atoms with Crippen molar-refractivity contribution < 1.29 is 38.1 Å². The highest BCUT2D eigenvalue weighted by Gasteiger charge is 2.40. The first kappa shape index (κ1) is 40.4. The van der Waals surface area contributed by atoms with Gasteiger partial charge < -0.3 is 28.5 Å². The van der Waals surface area contributed by atoms with Gasteiger partial charge in [0.1, 0.15) is 24.7 Å². The van der Waals surface area contributed by atoms with Crippen LogP contribution >= 0.6 is 0 Å². The molecule has 2 saturated carbocycles. The summed E-state index contributed by atoms with van der Waals surface area (Å²) in [6.45, 7) is 11.2. The first-order chi connectivity index (χ1) is 25.8. The number of fused-ring (bicyclic) bond motifs is 6. The number of aliphatic hydroxyl groups is 2. The zero-order valence-corrected chi connectivity index (χ0v) is 32.1. The van der Waals surface area contributed by atoms with E-state index in [9.17, 15) is 19.8 Å². The van der Waals surface area contributed by atoms with Crippen LogP contribution in [-0.4, -0.2) is 56.5 Å². The average Bonchev–Trinajstić information content (AvgIpc) is 3.93. The molecule has 288 valence electrons. The second kappa shape index (κ2) is 18.0. The number of ether oxygens (including phenoxy) is 2. The van der Waals surface area contributed by atoms with Gasteiger partial charge in [-0.2, -0.15) is 0 Å². The van der Waals surface area contributed by atoms with Crippen LogP contribution in [0.15, 0.2) is 106 Å². The number of oxazole rings is 2. The van der Waals surface area contributed by atoms with E-state index in [2.05, 4.69) is 34.3 Å². The number of rotatable bonds is 6. The maximum absolute atomic E-state index is 13.3. The number of cyclic esters (lactones) is 2. The van der Waals surface area contributed by atoms with Gasteiger partial charge in [0.25, 0.3) is 0 Å². The lowest BCUT2D eigenvalue weighted by Crippen LogP contribution is -2.42. The molecule has 2 aromatic heterocycles. The van der Waals surface area contributed by atoms with Gasteiger partial charge in [-0.05, 0) is 50.4 Å². The predicted molar refractivity (Wildman–Crippen MR) is 208 cm³/mol. The van der Waals surface area contributed by atoms with Crippen molar-refractivity contribution in [2.45, 2.75) is 91.6 Å². The van der Waals surface area contributed by atoms with Gasteiger partial charge in [0.05, 0.1) is 12.2 Å². The van der Waals surface area contributed by atoms with Crippen LogP contribution in [0.4, 0.5) is 0 Å². The molecule has 0 saturated heterocycles. The summed E-state index contributed by atoms with van der Waals surface area (Å²) < 4.78 is 23.0. The molecule has 10 nitrogen and oxygen atoms in total. The lowest BCUT2D eigenvalue weighted by molar-refractivity contribution is -0.0461. The summed E-state index contributed by atoms with van der Waals surface area (Å²) in [5, 5.41) is 21.8. The maximum atomic E-state index is 13.3. The summed E-state index contributed by atoms with van der Waals surface area (Å²) in [6.07, 6.45) is 32.7. The van der Waals surface area contributed by atoms with Gasteiger partial charge >= 0.3 is 11.9 Å². The Morgan fingerprint density at radius 3 is 1.43 bits per heavy atom. The van der Waals surface area contributed by atoms with E-state index in [4.69, 9.17) is 18.3 Å². The summed E-state index contributed by atoms with van der Waals surface area (Å²) in [5.41, 5.74) is -1.45. The average molecular weight is 739 g/mol. The van der Waals surface area contributed by atoms with Gasteiger partial charge in [0, 0.05) is 35.8 Å². The van der Waals surface area contributed by atoms with E-state index >= 15 is 0 Å². The Hall–Kier alpha value is -4.80. The zero-order chi connectivity index (χ0) is 38.9. The second-order valence-corrected chi connectivity index (χ2v) is 15.5. The Morgan fingerprint density at radius 1 is 0.648 bits per heavy atom. The molecular formula is C44H54N2O8. The van der Waals surface area contributed by atoms with Gasteiger partial charge in [0.15, 0.2) is 11.4 Å². The molecule has 4 bridgehead atoms. The highest BCUT2D eigenvalue weighted by Crippen LogP contribution is 2.42. The van der Waals surface area contributed by atoms with E-state index in [1.807, 2.05) is 78.0 Å². The molecule has 2 aliphatic carbocycles. The molecule has 8 atom stereocenters. The minimum Gasteiger partial charge on any atom is -0.457 e. The number of carbonyl (C=O) groups is 2. The molecule has 5 rings (SSSR count). The Labute approximate surface area is 318 Å². The normalized spacial score (nSPS) is 30.5. The van der Waals surface area contributed by atoms with E-state index in [0.29, 0.717) is 36.5 Å². The minimum absolute atomic E-state index is 0.0582. The van der Waals surface area contributed by atoms with Crippen LogP contribution in [-0.2, 0) is 9.47 Å².